The van der Waals surface area contributed by atoms with Crippen molar-refractivity contribution in [1.29, 1.82) is 0 Å². The number of esters is 1. The first-order chi connectivity index (χ1) is 6.56. The van der Waals surface area contributed by atoms with Crippen LogP contribution >= 0.6 is 15.9 Å². The van der Waals surface area contributed by atoms with Gasteiger partial charge in [0.1, 0.15) is 4.60 Å². The molecular weight excluding hydrogens is 246 g/mol. The first kappa shape index (κ1) is 11.2. The van der Waals surface area contributed by atoms with E-state index in [1.165, 1.54) is 0 Å². The summed E-state index contributed by atoms with van der Waals surface area (Å²) in [6.45, 7) is 5.90. The third-order valence-corrected chi connectivity index (χ3v) is 2.35. The Kier molecular flexibility index (Phi) is 3.63. The zero-order valence-electron chi connectivity index (χ0n) is 8.43. The van der Waals surface area contributed by atoms with E-state index in [2.05, 4.69) is 20.9 Å². The highest BCUT2D eigenvalue weighted by Gasteiger charge is 2.15. The van der Waals surface area contributed by atoms with Gasteiger partial charge in [-0.25, -0.2) is 9.78 Å². The van der Waals surface area contributed by atoms with Gasteiger partial charge in [-0.05, 0) is 48.3 Å². The molecule has 0 aliphatic heterocycles. The molecule has 14 heavy (non-hydrogen) atoms. The highest BCUT2D eigenvalue weighted by atomic mass is 79.9. The smallest absolute Gasteiger partial charge is 0.341 e. The van der Waals surface area contributed by atoms with Crippen molar-refractivity contribution >= 4 is 21.9 Å². The first-order valence-electron chi connectivity index (χ1n) is 4.37. The predicted molar refractivity (Wildman–Crippen MR) is 57.4 cm³/mol. The molecule has 3 nitrogen and oxygen atoms in total. The molecule has 0 N–H and O–H groups in total. The average Bonchev–Trinajstić information content (AvgIpc) is 2.01. The van der Waals surface area contributed by atoms with Crippen molar-refractivity contribution in [3.05, 3.63) is 27.5 Å². The average molecular weight is 258 g/mol. The van der Waals surface area contributed by atoms with Crippen molar-refractivity contribution in [2.75, 3.05) is 6.61 Å². The van der Waals surface area contributed by atoms with Crippen LogP contribution in [-0.4, -0.2) is 17.6 Å². The molecule has 0 fully saturated rings. The van der Waals surface area contributed by atoms with Gasteiger partial charge >= 0.3 is 5.97 Å². The Morgan fingerprint density at radius 2 is 2.21 bits per heavy atom. The molecule has 0 aliphatic carbocycles. The minimum atomic E-state index is -0.329. The van der Waals surface area contributed by atoms with Crippen LogP contribution in [0.3, 0.4) is 0 Å². The number of ether oxygens (including phenoxy) is 1. The fourth-order valence-electron chi connectivity index (χ4n) is 1.24. The third kappa shape index (κ3) is 2.32. The number of aromatic nitrogens is 1. The van der Waals surface area contributed by atoms with Crippen LogP contribution in [0.4, 0.5) is 0 Å². The number of halogens is 1. The minimum absolute atomic E-state index is 0.329. The fourth-order valence-corrected chi connectivity index (χ4v) is 1.99. The Morgan fingerprint density at radius 1 is 1.57 bits per heavy atom. The number of hydrogen-bond acceptors (Lipinski definition) is 3. The lowest BCUT2D eigenvalue weighted by atomic mass is 10.1. The van der Waals surface area contributed by atoms with E-state index in [9.17, 15) is 4.79 Å². The van der Waals surface area contributed by atoms with Gasteiger partial charge in [-0.1, -0.05) is 0 Å². The van der Waals surface area contributed by atoms with Gasteiger partial charge in [0.15, 0.2) is 0 Å². The second kappa shape index (κ2) is 4.55. The Bertz CT molecular complexity index is 340. The number of hydrogen-bond donors (Lipinski definition) is 0. The highest BCUT2D eigenvalue weighted by Crippen LogP contribution is 2.20. The summed E-state index contributed by atoms with van der Waals surface area (Å²) < 4.78 is 5.47. The van der Waals surface area contributed by atoms with Gasteiger partial charge in [-0.15, -0.1) is 0 Å². The van der Waals surface area contributed by atoms with E-state index in [1.807, 2.05) is 19.9 Å². The molecule has 0 amide bonds. The molecule has 0 saturated heterocycles. The van der Waals surface area contributed by atoms with Crippen molar-refractivity contribution in [2.45, 2.75) is 20.8 Å². The summed E-state index contributed by atoms with van der Waals surface area (Å²) in [5, 5.41) is 0. The van der Waals surface area contributed by atoms with Crippen LogP contribution < -0.4 is 0 Å². The molecule has 0 bridgehead atoms. The molecule has 76 valence electrons. The monoisotopic (exact) mass is 257 g/mol. The summed E-state index contributed by atoms with van der Waals surface area (Å²) in [4.78, 5) is 15.7. The van der Waals surface area contributed by atoms with Crippen molar-refractivity contribution in [3.63, 3.8) is 0 Å². The molecule has 1 rings (SSSR count). The molecule has 0 atom stereocenters. The van der Waals surface area contributed by atoms with Gasteiger partial charge in [0.25, 0.3) is 0 Å². The molecule has 4 heteroatoms. The molecule has 0 saturated carbocycles. The van der Waals surface area contributed by atoms with Crippen LogP contribution in [0.5, 0.6) is 0 Å². The van der Waals surface area contributed by atoms with Crippen LogP contribution in [0.15, 0.2) is 10.7 Å². The zero-order chi connectivity index (χ0) is 10.7. The van der Waals surface area contributed by atoms with E-state index in [4.69, 9.17) is 4.74 Å². The Labute approximate surface area is 91.6 Å². The second-order valence-corrected chi connectivity index (χ2v) is 3.72. The maximum atomic E-state index is 11.5. The number of carbonyl (C=O) groups excluding carboxylic acids is 1. The van der Waals surface area contributed by atoms with Gasteiger partial charge in [0, 0.05) is 5.69 Å². The van der Waals surface area contributed by atoms with Crippen LogP contribution in [0, 0.1) is 13.8 Å². The van der Waals surface area contributed by atoms with Gasteiger partial charge in [0.05, 0.1) is 12.2 Å². The van der Waals surface area contributed by atoms with Crippen molar-refractivity contribution in [3.8, 4) is 0 Å². The summed E-state index contributed by atoms with van der Waals surface area (Å²) in [6.07, 6.45) is 0. The number of carbonyl (C=O) groups is 1. The van der Waals surface area contributed by atoms with E-state index in [-0.39, 0.29) is 5.97 Å². The Morgan fingerprint density at radius 3 is 2.71 bits per heavy atom. The molecule has 1 aromatic rings. The second-order valence-electron chi connectivity index (χ2n) is 2.97. The molecule has 0 aromatic carbocycles. The standard InChI is InChI=1S/C10H12BrNO2/c1-4-14-10(13)8-6(2)5-7(3)12-9(8)11/h5H,4H2,1-3H3. The lowest BCUT2D eigenvalue weighted by molar-refractivity contribution is 0.0524. The molecule has 0 spiro atoms. The van der Waals surface area contributed by atoms with Crippen LogP contribution in [-0.2, 0) is 4.74 Å². The lowest BCUT2D eigenvalue weighted by Crippen LogP contribution is -2.09. The Balaban J connectivity index is 3.14. The first-order valence-corrected chi connectivity index (χ1v) is 5.16. The van der Waals surface area contributed by atoms with Gasteiger partial charge in [-0.2, -0.15) is 0 Å². The SMILES string of the molecule is CCOC(=O)c1c(C)cc(C)nc1Br. The molecule has 1 heterocycles. The van der Waals surface area contributed by atoms with Crippen LogP contribution in [0.1, 0.15) is 28.5 Å². The molecule has 0 aliphatic rings. The normalized spacial score (nSPS) is 10.0. The van der Waals surface area contributed by atoms with E-state index in [1.54, 1.807) is 6.92 Å². The molecule has 0 unspecified atom stereocenters. The summed E-state index contributed by atoms with van der Waals surface area (Å²) in [6, 6.07) is 1.86. The minimum Gasteiger partial charge on any atom is -0.462 e. The largest absolute Gasteiger partial charge is 0.462 e. The number of nitrogens with zero attached hydrogens (tertiary/aromatic N) is 1. The third-order valence-electron chi connectivity index (χ3n) is 1.78. The van der Waals surface area contributed by atoms with Gasteiger partial charge in [-0.3, -0.25) is 0 Å². The summed E-state index contributed by atoms with van der Waals surface area (Å²) in [5.74, 6) is -0.329. The Hall–Kier alpha value is -0.900. The molecule has 0 radical (unpaired) electrons. The molecule has 1 aromatic heterocycles. The van der Waals surface area contributed by atoms with E-state index >= 15 is 0 Å². The topological polar surface area (TPSA) is 39.2 Å². The highest BCUT2D eigenvalue weighted by molar-refractivity contribution is 9.10. The van der Waals surface area contributed by atoms with Crippen LogP contribution in [0.25, 0.3) is 0 Å². The summed E-state index contributed by atoms with van der Waals surface area (Å²) in [7, 11) is 0. The van der Waals surface area contributed by atoms with E-state index in [0.717, 1.165) is 11.3 Å². The maximum Gasteiger partial charge on any atom is 0.341 e. The summed E-state index contributed by atoms with van der Waals surface area (Å²) >= 11 is 3.26. The number of rotatable bonds is 2. The lowest BCUT2D eigenvalue weighted by Gasteiger charge is -2.07. The van der Waals surface area contributed by atoms with Crippen molar-refractivity contribution in [2.24, 2.45) is 0 Å². The summed E-state index contributed by atoms with van der Waals surface area (Å²) in [5.41, 5.74) is 2.27. The quantitative estimate of drug-likeness (QED) is 0.604. The fraction of sp³-hybridized carbons (Fsp3) is 0.400. The molecular formula is C10H12BrNO2. The predicted octanol–water partition coefficient (Wildman–Crippen LogP) is 2.64. The number of pyridine rings is 1. The van der Waals surface area contributed by atoms with Gasteiger partial charge < -0.3 is 4.74 Å². The zero-order valence-corrected chi connectivity index (χ0v) is 10.0. The van der Waals surface area contributed by atoms with Crippen molar-refractivity contribution < 1.29 is 9.53 Å². The van der Waals surface area contributed by atoms with E-state index < -0.39 is 0 Å². The van der Waals surface area contributed by atoms with Crippen molar-refractivity contribution in [1.82, 2.24) is 4.98 Å². The number of aryl methyl sites for hydroxylation is 2. The van der Waals surface area contributed by atoms with E-state index in [0.29, 0.717) is 16.8 Å². The van der Waals surface area contributed by atoms with Crippen LogP contribution in [0.2, 0.25) is 0 Å². The maximum absolute atomic E-state index is 11.5. The van der Waals surface area contributed by atoms with Gasteiger partial charge in [0.2, 0.25) is 0 Å².